The van der Waals surface area contributed by atoms with Crippen LogP contribution in [0.5, 0.6) is 0 Å². The molecular weight excluding hydrogens is 345 g/mol. The van der Waals surface area contributed by atoms with Gasteiger partial charge in [-0.05, 0) is 18.2 Å². The van der Waals surface area contributed by atoms with Crippen LogP contribution in [0.2, 0.25) is 8.67 Å². The number of esters is 1. The molecule has 22 heavy (non-hydrogen) atoms. The lowest BCUT2D eigenvalue weighted by atomic mass is 10.2. The number of benzene rings is 1. The van der Waals surface area contributed by atoms with Crippen LogP contribution in [0, 0.1) is 0 Å². The Morgan fingerprint density at radius 2 is 2.05 bits per heavy atom. The number of nitrogens with two attached hydrogens (primary N) is 1. The number of halogens is 2. The van der Waals surface area contributed by atoms with Crippen LogP contribution in [-0.2, 0) is 11.3 Å². The maximum absolute atomic E-state index is 12.0. The number of thiophene rings is 1. The fourth-order valence-electron chi connectivity index (χ4n) is 1.90. The van der Waals surface area contributed by atoms with Crippen molar-refractivity contribution in [3.63, 3.8) is 0 Å². The number of anilines is 1. The van der Waals surface area contributed by atoms with Gasteiger partial charge in [0, 0.05) is 5.39 Å². The number of nitrogen functional groups attached to an aromatic ring is 1. The van der Waals surface area contributed by atoms with Crippen LogP contribution in [0.4, 0.5) is 5.82 Å². The van der Waals surface area contributed by atoms with Crippen LogP contribution in [0.25, 0.3) is 10.9 Å². The molecule has 2 heterocycles. The first-order chi connectivity index (χ1) is 10.5. The second-order valence-electron chi connectivity index (χ2n) is 4.36. The van der Waals surface area contributed by atoms with E-state index in [4.69, 9.17) is 33.7 Å². The number of rotatable bonds is 3. The van der Waals surface area contributed by atoms with Gasteiger partial charge in [0.2, 0.25) is 0 Å². The van der Waals surface area contributed by atoms with Crippen molar-refractivity contribution < 1.29 is 9.53 Å². The van der Waals surface area contributed by atoms with E-state index in [-0.39, 0.29) is 16.5 Å². The minimum atomic E-state index is -0.580. The standard InChI is InChI=1S/C14H9Cl2N3O2S/c15-10-5-8(12(16)22-10)14(20)21-6-11-18-9-4-2-1-3-7(9)13(17)19-11/h1-5H,6H2,(H2,17,18,19). The Hall–Kier alpha value is -1.89. The minimum absolute atomic E-state index is 0.0995. The first-order valence-electron chi connectivity index (χ1n) is 6.17. The lowest BCUT2D eigenvalue weighted by Crippen LogP contribution is -2.08. The van der Waals surface area contributed by atoms with Crippen LogP contribution in [0.3, 0.4) is 0 Å². The quantitative estimate of drug-likeness (QED) is 0.721. The van der Waals surface area contributed by atoms with Gasteiger partial charge in [-0.1, -0.05) is 35.3 Å². The number of para-hydroxylation sites is 1. The predicted molar refractivity (Wildman–Crippen MR) is 87.4 cm³/mol. The molecule has 2 aromatic heterocycles. The molecule has 0 unspecified atom stereocenters. The molecule has 0 saturated heterocycles. The topological polar surface area (TPSA) is 78.1 Å². The number of carbonyl (C=O) groups is 1. The molecule has 1 aromatic carbocycles. The van der Waals surface area contributed by atoms with Crippen molar-refractivity contribution >= 4 is 57.2 Å². The van der Waals surface area contributed by atoms with Gasteiger partial charge in [-0.3, -0.25) is 0 Å². The van der Waals surface area contributed by atoms with E-state index < -0.39 is 5.97 Å². The Bertz CT molecular complexity index is 866. The molecule has 0 fully saturated rings. The third kappa shape index (κ3) is 2.99. The number of hydrogen-bond donors (Lipinski definition) is 1. The molecule has 112 valence electrons. The molecular formula is C14H9Cl2N3O2S. The van der Waals surface area contributed by atoms with Crippen molar-refractivity contribution in [2.75, 3.05) is 5.73 Å². The fourth-order valence-corrected chi connectivity index (χ4v) is 3.34. The van der Waals surface area contributed by atoms with Gasteiger partial charge < -0.3 is 10.5 Å². The van der Waals surface area contributed by atoms with E-state index in [9.17, 15) is 4.79 Å². The molecule has 0 bridgehead atoms. The Labute approximate surface area is 139 Å². The normalized spacial score (nSPS) is 10.8. The van der Waals surface area contributed by atoms with E-state index >= 15 is 0 Å². The van der Waals surface area contributed by atoms with Crippen LogP contribution >= 0.6 is 34.5 Å². The van der Waals surface area contributed by atoms with E-state index in [2.05, 4.69) is 9.97 Å². The number of ether oxygens (including phenoxy) is 1. The van der Waals surface area contributed by atoms with Crippen molar-refractivity contribution in [2.24, 2.45) is 0 Å². The number of fused-ring (bicyclic) bond motifs is 1. The molecule has 0 amide bonds. The Kier molecular flexibility index (Phi) is 4.15. The zero-order valence-electron chi connectivity index (χ0n) is 11.0. The average molecular weight is 354 g/mol. The van der Waals surface area contributed by atoms with Gasteiger partial charge in [0.1, 0.15) is 10.2 Å². The molecule has 0 aliphatic heterocycles. The SMILES string of the molecule is Nc1nc(COC(=O)c2cc(Cl)sc2Cl)nc2ccccc12. The van der Waals surface area contributed by atoms with Crippen LogP contribution < -0.4 is 5.73 Å². The van der Waals surface area contributed by atoms with E-state index in [0.29, 0.717) is 21.5 Å². The number of nitrogens with zero attached hydrogens (tertiary/aromatic N) is 2. The maximum Gasteiger partial charge on any atom is 0.341 e. The monoisotopic (exact) mass is 353 g/mol. The molecule has 3 aromatic rings. The summed E-state index contributed by atoms with van der Waals surface area (Å²) < 4.78 is 5.86. The average Bonchev–Trinajstić information content (AvgIpc) is 2.84. The summed E-state index contributed by atoms with van der Waals surface area (Å²) in [5, 5.41) is 0.755. The van der Waals surface area contributed by atoms with Crippen LogP contribution in [0.1, 0.15) is 16.2 Å². The predicted octanol–water partition coefficient (Wildman–Crippen LogP) is 3.94. The van der Waals surface area contributed by atoms with Gasteiger partial charge in [0.05, 0.1) is 15.4 Å². The molecule has 0 radical (unpaired) electrons. The van der Waals surface area contributed by atoms with Crippen molar-refractivity contribution in [1.29, 1.82) is 0 Å². The zero-order valence-corrected chi connectivity index (χ0v) is 13.4. The Balaban J connectivity index is 1.79. The first-order valence-corrected chi connectivity index (χ1v) is 7.75. The second-order valence-corrected chi connectivity index (χ2v) is 6.64. The van der Waals surface area contributed by atoms with E-state index in [1.807, 2.05) is 24.3 Å². The van der Waals surface area contributed by atoms with Gasteiger partial charge in [0.15, 0.2) is 12.4 Å². The summed E-state index contributed by atoms with van der Waals surface area (Å²) in [7, 11) is 0. The maximum atomic E-state index is 12.0. The molecule has 0 aliphatic rings. The number of hydrogen-bond acceptors (Lipinski definition) is 6. The summed E-state index contributed by atoms with van der Waals surface area (Å²) in [6, 6.07) is 8.80. The molecule has 0 saturated carbocycles. The highest BCUT2D eigenvalue weighted by Crippen LogP contribution is 2.31. The van der Waals surface area contributed by atoms with Gasteiger partial charge in [-0.15, -0.1) is 11.3 Å². The summed E-state index contributed by atoms with van der Waals surface area (Å²) in [4.78, 5) is 20.4. The summed E-state index contributed by atoms with van der Waals surface area (Å²) >= 11 is 12.8. The molecule has 8 heteroatoms. The fraction of sp³-hybridized carbons (Fsp3) is 0.0714. The molecule has 3 rings (SSSR count). The van der Waals surface area contributed by atoms with Crippen molar-refractivity contribution in [2.45, 2.75) is 6.61 Å². The van der Waals surface area contributed by atoms with E-state index in [1.54, 1.807) is 0 Å². The smallest absolute Gasteiger partial charge is 0.341 e. The van der Waals surface area contributed by atoms with Crippen LogP contribution in [-0.4, -0.2) is 15.9 Å². The molecule has 0 aliphatic carbocycles. The largest absolute Gasteiger partial charge is 0.454 e. The highest BCUT2D eigenvalue weighted by molar-refractivity contribution is 7.20. The highest BCUT2D eigenvalue weighted by atomic mass is 35.5. The van der Waals surface area contributed by atoms with Crippen molar-refractivity contribution in [3.8, 4) is 0 Å². The lowest BCUT2D eigenvalue weighted by molar-refractivity contribution is 0.0463. The number of aromatic nitrogens is 2. The third-order valence-corrected chi connectivity index (χ3v) is 4.38. The first kappa shape index (κ1) is 15.0. The Morgan fingerprint density at radius 1 is 1.27 bits per heavy atom. The van der Waals surface area contributed by atoms with Gasteiger partial charge in [0.25, 0.3) is 0 Å². The number of carbonyl (C=O) groups excluding carboxylic acids is 1. The zero-order chi connectivity index (χ0) is 15.7. The minimum Gasteiger partial charge on any atom is -0.454 e. The van der Waals surface area contributed by atoms with Gasteiger partial charge in [-0.2, -0.15) is 0 Å². The van der Waals surface area contributed by atoms with Crippen LogP contribution in [0.15, 0.2) is 30.3 Å². The van der Waals surface area contributed by atoms with Gasteiger partial charge in [-0.25, -0.2) is 14.8 Å². The van der Waals surface area contributed by atoms with E-state index in [1.165, 1.54) is 6.07 Å². The van der Waals surface area contributed by atoms with Crippen molar-refractivity contribution in [3.05, 3.63) is 50.4 Å². The third-order valence-electron chi connectivity index (χ3n) is 2.89. The molecule has 0 spiro atoms. The summed E-state index contributed by atoms with van der Waals surface area (Å²) in [5.41, 5.74) is 6.79. The van der Waals surface area contributed by atoms with Crippen molar-refractivity contribution in [1.82, 2.24) is 9.97 Å². The summed E-state index contributed by atoms with van der Waals surface area (Å²) in [6.45, 7) is -0.0995. The van der Waals surface area contributed by atoms with E-state index in [0.717, 1.165) is 16.7 Å². The van der Waals surface area contributed by atoms with Gasteiger partial charge >= 0.3 is 5.97 Å². The second kappa shape index (κ2) is 6.08. The molecule has 0 atom stereocenters. The molecule has 2 N–H and O–H groups in total. The lowest BCUT2D eigenvalue weighted by Gasteiger charge is -2.06. The summed E-state index contributed by atoms with van der Waals surface area (Å²) in [5.74, 6) is 0.0822. The highest BCUT2D eigenvalue weighted by Gasteiger charge is 2.16. The summed E-state index contributed by atoms with van der Waals surface area (Å²) in [6.07, 6.45) is 0. The Morgan fingerprint density at radius 3 is 2.77 bits per heavy atom. The molecule has 5 nitrogen and oxygen atoms in total.